The molecule has 9 heterocycles. The molecule has 1 aliphatic heterocycles. The number of oxazole rings is 1. The molecule has 0 fully saturated rings. The zero-order chi connectivity index (χ0) is 63.0. The molecule has 0 unspecified atom stereocenters. The van der Waals surface area contributed by atoms with Crippen molar-refractivity contribution in [2.75, 3.05) is 6.61 Å². The number of benzene rings is 5. The zero-order valence-corrected chi connectivity index (χ0v) is 54.8. The Morgan fingerprint density at radius 2 is 1.13 bits per heavy atom. The second-order valence-electron chi connectivity index (χ2n) is 14.6. The van der Waals surface area contributed by atoms with Crippen LogP contribution in [0.3, 0.4) is 0 Å². The molecule has 85 heavy (non-hydrogen) atoms. The van der Waals surface area contributed by atoms with Gasteiger partial charge in [-0.3, -0.25) is 9.97 Å². The van der Waals surface area contributed by atoms with E-state index in [9.17, 15) is 0 Å². The summed E-state index contributed by atoms with van der Waals surface area (Å²) in [6.45, 7) is 32.8. The number of fused-ring (bicyclic) bond motifs is 7. The van der Waals surface area contributed by atoms with E-state index in [1.54, 1.807) is 41.7 Å². The number of hydrogen-bond acceptors (Lipinski definition) is 13. The third kappa shape index (κ3) is 29.9. The van der Waals surface area contributed by atoms with Gasteiger partial charge in [0.05, 0.1) is 45.7 Å². The first-order valence-corrected chi connectivity index (χ1v) is 31.5. The van der Waals surface area contributed by atoms with Gasteiger partial charge in [0.1, 0.15) is 29.4 Å². The van der Waals surface area contributed by atoms with E-state index in [-0.39, 0.29) is 0 Å². The Morgan fingerprint density at radius 3 is 1.78 bits per heavy atom. The smallest absolute Gasteiger partial charge is 0.228 e. The van der Waals surface area contributed by atoms with E-state index < -0.39 is 0 Å². The molecular formula is C71H93N9O3S2. The van der Waals surface area contributed by atoms with E-state index in [0.29, 0.717) is 5.71 Å². The Kier molecular flexibility index (Phi) is 47.8. The van der Waals surface area contributed by atoms with Gasteiger partial charge < -0.3 is 18.6 Å². The number of aromatic nitrogens is 9. The van der Waals surface area contributed by atoms with Gasteiger partial charge in [0.15, 0.2) is 12.0 Å². The Hall–Kier alpha value is -8.72. The third-order valence-electron chi connectivity index (χ3n) is 10.0. The maximum absolute atomic E-state index is 5.24. The van der Waals surface area contributed by atoms with Gasteiger partial charge in [-0.25, -0.2) is 24.9 Å². The molecule has 5 aromatic carbocycles. The fraction of sp³-hybridized carbons (Fsp3) is 0.268. The summed E-state index contributed by atoms with van der Waals surface area (Å²) in [5.41, 5.74) is 13.4. The fourth-order valence-electron chi connectivity index (χ4n) is 6.68. The maximum atomic E-state index is 5.24. The first-order chi connectivity index (χ1) is 42.3. The van der Waals surface area contributed by atoms with Crippen molar-refractivity contribution in [2.45, 2.75) is 124 Å². The van der Waals surface area contributed by atoms with Crippen LogP contribution < -0.4 is 4.74 Å². The minimum absolute atomic E-state index is 0.644. The Morgan fingerprint density at radius 1 is 0.471 bits per heavy atom. The normalized spacial score (nSPS) is 9.55. The molecule has 2 aliphatic rings. The highest BCUT2D eigenvalue weighted by molar-refractivity contribution is 7.16. The van der Waals surface area contributed by atoms with Crippen molar-refractivity contribution >= 4 is 83.2 Å². The summed E-state index contributed by atoms with van der Waals surface area (Å²) in [7, 11) is 0. The Bertz CT molecular complexity index is 3040. The van der Waals surface area contributed by atoms with E-state index in [1.165, 1.54) is 68.3 Å². The number of H-pyrrole nitrogens is 1. The molecule has 8 aromatic heterocycles. The third-order valence-corrected chi connectivity index (χ3v) is 11.3. The number of nitrogens with zero attached hydrogens (tertiary/aromatic N) is 8. The van der Waals surface area contributed by atoms with Crippen LogP contribution in [0, 0.1) is 0 Å². The van der Waals surface area contributed by atoms with Crippen LogP contribution >= 0.6 is 22.9 Å². The van der Waals surface area contributed by atoms with Crippen molar-refractivity contribution in [1.82, 2.24) is 44.2 Å². The lowest BCUT2D eigenvalue weighted by Crippen LogP contribution is -1.85. The molecule has 14 heteroatoms. The first-order valence-electron chi connectivity index (χ1n) is 29.8. The lowest BCUT2D eigenvalue weighted by molar-refractivity contribution is 0.355. The number of rotatable bonds is 0. The molecule has 0 spiro atoms. The average molecular weight is 1180 g/mol. The van der Waals surface area contributed by atoms with Crippen molar-refractivity contribution in [2.24, 2.45) is 0 Å². The average Bonchev–Trinajstić information content (AvgIpc) is 4.53. The molecule has 452 valence electrons. The van der Waals surface area contributed by atoms with Crippen LogP contribution in [0.4, 0.5) is 0 Å². The highest BCUT2D eigenvalue weighted by Gasteiger charge is 2.09. The van der Waals surface area contributed by atoms with E-state index in [1.807, 2.05) is 220 Å². The number of furan rings is 1. The second-order valence-corrected chi connectivity index (χ2v) is 16.1. The zero-order valence-electron chi connectivity index (χ0n) is 53.2. The van der Waals surface area contributed by atoms with E-state index in [0.717, 1.165) is 52.7 Å². The lowest BCUT2D eigenvalue weighted by Gasteiger charge is -1.93. The van der Waals surface area contributed by atoms with Crippen LogP contribution in [-0.4, -0.2) is 50.9 Å². The quantitative estimate of drug-likeness (QED) is 0.154. The predicted molar refractivity (Wildman–Crippen MR) is 369 cm³/mol. The van der Waals surface area contributed by atoms with Crippen LogP contribution in [0.25, 0.3) is 60.3 Å². The maximum Gasteiger partial charge on any atom is 0.228 e. The summed E-state index contributed by atoms with van der Waals surface area (Å²) in [5, 5.41) is 3.42. The molecule has 1 N–H and O–H groups in total. The summed E-state index contributed by atoms with van der Waals surface area (Å²) < 4.78 is 20.1. The molecule has 0 atom stereocenters. The van der Waals surface area contributed by atoms with Crippen LogP contribution in [0.5, 0.6) is 5.75 Å². The summed E-state index contributed by atoms with van der Waals surface area (Å²) in [6, 6.07) is 50.5. The highest BCUT2D eigenvalue weighted by Crippen LogP contribution is 2.22. The summed E-state index contributed by atoms with van der Waals surface area (Å²) in [5.74, 6) is 0.956. The summed E-state index contributed by atoms with van der Waals surface area (Å²) >= 11 is 3.03. The summed E-state index contributed by atoms with van der Waals surface area (Å²) in [6.07, 6.45) is 21.6. The number of aromatic amines is 1. The second kappa shape index (κ2) is 53.3. The van der Waals surface area contributed by atoms with Crippen molar-refractivity contribution in [3.63, 3.8) is 0 Å². The van der Waals surface area contributed by atoms with Gasteiger partial charge in [-0.1, -0.05) is 214 Å². The number of nitrogens with one attached hydrogen (secondary N) is 1. The molecular weight excluding hydrogens is 1090 g/mol. The van der Waals surface area contributed by atoms with Crippen LogP contribution in [0.15, 0.2) is 234 Å². The van der Waals surface area contributed by atoms with Crippen molar-refractivity contribution < 1.29 is 13.6 Å². The van der Waals surface area contributed by atoms with Crippen molar-refractivity contribution in [3.8, 4) is 5.75 Å². The van der Waals surface area contributed by atoms with Gasteiger partial charge in [0, 0.05) is 47.7 Å². The predicted octanol–water partition coefficient (Wildman–Crippen LogP) is 21.8. The fourth-order valence-corrected chi connectivity index (χ4v) is 7.63. The topological polar surface area (TPSA) is 154 Å². The SMILES string of the molecule is C1=Cc2ccccc2C1.CC.CC.CC.CC.CC.CC.CC.CC.c1cc2c(cn1)OCC2.c1ccc2[nH]ccc2c1.c1ccc2ncccc2c1.c1ccc2ocnc2c1.c1ccc2scnc2c1.c1ncc2ccoc2n1.c1ncsn1. The number of thiazole rings is 1. The number of ether oxygens (including phenoxy) is 1. The standard InChI is InChI=1S/C9H7N.C9H8.C8H7N.C7H7NO.C7H5NO.C7H5NS.C6H4N2O.C2H2N2S.8C2H6/c1-2-6-9-8(4-1)5-3-7-10-9;1-2-5-9-7-3-6-8(9)4-1;1-2-4-8-7(3-1)5-6-9-8;1-3-8-5-7-6(1)2-4-9-7;2*1-2-4-7-6(3-1)8-5-9-7;1-2-9-6-5(1)3-7-4-8-6;1-3-2-5-4-1;8*1-2/h1-7H;1-6H,7H2;1-6,9H;1,3,5H,2,4H2;2*1-5H;1-4H;1-2H;8*1-2H3. The van der Waals surface area contributed by atoms with E-state index in [2.05, 4.69) is 117 Å². The highest BCUT2D eigenvalue weighted by atomic mass is 32.1. The molecule has 0 saturated carbocycles. The van der Waals surface area contributed by atoms with Crippen molar-refractivity contribution in [1.29, 1.82) is 0 Å². The first kappa shape index (κ1) is 76.3. The van der Waals surface area contributed by atoms with Gasteiger partial charge in [0.2, 0.25) is 5.71 Å². The molecule has 0 amide bonds. The van der Waals surface area contributed by atoms with Gasteiger partial charge in [-0.05, 0) is 95.1 Å². The van der Waals surface area contributed by atoms with Gasteiger partial charge in [-0.2, -0.15) is 4.37 Å². The lowest BCUT2D eigenvalue weighted by atomic mass is 10.1. The van der Waals surface area contributed by atoms with Gasteiger partial charge in [0.25, 0.3) is 0 Å². The van der Waals surface area contributed by atoms with E-state index in [4.69, 9.17) is 13.6 Å². The number of allylic oxidation sites excluding steroid dienone is 1. The Labute approximate surface area is 515 Å². The monoisotopic (exact) mass is 1180 g/mol. The van der Waals surface area contributed by atoms with Crippen LogP contribution in [-0.2, 0) is 12.8 Å². The number of pyridine rings is 2. The minimum Gasteiger partial charge on any atom is -0.491 e. The minimum atomic E-state index is 0.644. The molecule has 0 radical (unpaired) electrons. The van der Waals surface area contributed by atoms with E-state index >= 15 is 0 Å². The molecule has 1 aliphatic carbocycles. The molecule has 15 rings (SSSR count). The van der Waals surface area contributed by atoms with Crippen LogP contribution in [0.2, 0.25) is 0 Å². The molecule has 0 saturated heterocycles. The van der Waals surface area contributed by atoms with Crippen molar-refractivity contribution in [3.05, 3.63) is 242 Å². The molecule has 13 aromatic rings. The number of para-hydroxylation sites is 5. The summed E-state index contributed by atoms with van der Waals surface area (Å²) in [4.78, 5) is 30.6. The number of hydrogen-bond donors (Lipinski definition) is 1. The van der Waals surface area contributed by atoms with Gasteiger partial charge in [-0.15, -0.1) is 11.3 Å². The molecule has 12 nitrogen and oxygen atoms in total. The molecule has 0 bridgehead atoms. The largest absolute Gasteiger partial charge is 0.491 e. The van der Waals surface area contributed by atoms with Crippen LogP contribution in [0.1, 0.15) is 127 Å². The Balaban J connectivity index is 0.000000920. The van der Waals surface area contributed by atoms with Gasteiger partial charge >= 0.3 is 0 Å².